The molecule has 0 radical (unpaired) electrons. The fourth-order valence-electron chi connectivity index (χ4n) is 10.4. The van der Waals surface area contributed by atoms with Gasteiger partial charge in [0.2, 0.25) is 12.6 Å². The van der Waals surface area contributed by atoms with Gasteiger partial charge in [-0.1, -0.05) is 109 Å². The summed E-state index contributed by atoms with van der Waals surface area (Å²) in [4.78, 5) is 146. The average Bonchev–Trinajstić information content (AvgIpc) is 0.779. The Bertz CT molecular complexity index is 3890. The fourth-order valence-corrected chi connectivity index (χ4v) is 12.1. The van der Waals surface area contributed by atoms with Crippen molar-refractivity contribution in [1.29, 1.82) is 0 Å². The van der Waals surface area contributed by atoms with Crippen LogP contribution in [-0.4, -0.2) is 188 Å². The van der Waals surface area contributed by atoms with Gasteiger partial charge in [0.1, 0.15) is 18.3 Å². The Morgan fingerprint density at radius 3 is 0.840 bits per heavy atom. The van der Waals surface area contributed by atoms with Crippen LogP contribution in [0, 0.1) is 0 Å². The minimum Gasteiger partial charge on any atom is -0.456 e. The Morgan fingerprint density at radius 1 is 0.330 bits per heavy atom. The highest BCUT2D eigenvalue weighted by molar-refractivity contribution is 7.47. The Morgan fingerprint density at radius 2 is 0.550 bits per heavy atom. The predicted molar refractivity (Wildman–Crippen MR) is 334 cm³/mol. The molecule has 0 aromatic heterocycles. The number of hydrogen-bond acceptors (Lipinski definition) is 29. The summed E-state index contributed by atoms with van der Waals surface area (Å²) < 4.78 is 127. The molecule has 3 fully saturated rings. The van der Waals surface area contributed by atoms with Crippen LogP contribution < -0.4 is 0 Å². The number of aliphatic hydroxyl groups excluding tert-OH is 1. The molecule has 2 unspecified atom stereocenters. The summed E-state index contributed by atoms with van der Waals surface area (Å²) in [5.74, 6) is -10.1. The standard InChI is InChI=1S/C67H66O31P2/c1-38(69)85-51-48(89-65(82-4)56(87-40(3)71)53(51)86-39(2)70)36-83-100(80,81)98-67-58(96-64(77)46-33-21-10-22-34-46)55(94-62(75)44-29-17-8-18-30-44)52(92-60(73)42-25-13-6-14-26-42)49(90-67)37-84-99(78,79)97-66-57(95-63(76)45-31-19-9-20-32-45)54(93-61(74)43-27-15-7-16-28-43)50(47(35-68)88-66)91-59(72)41-23-11-5-12-24-41/h5-34,47-58,65-68H,35-37H2,1-4H3,(H,78,79)(H,80,81)/t47-,48-,49-,50+,51+,52-,53-,54-,55+,56+,57-,58-,65+,66+,67+/m0/s1. The zero-order chi connectivity index (χ0) is 71.7. The zero-order valence-corrected chi connectivity index (χ0v) is 55.1. The molecule has 0 spiro atoms. The van der Waals surface area contributed by atoms with Crippen LogP contribution in [0.2, 0.25) is 0 Å². The monoisotopic (exact) mass is 1430 g/mol. The summed E-state index contributed by atoms with van der Waals surface area (Å²) >= 11 is 0. The van der Waals surface area contributed by atoms with Crippen LogP contribution in [0.1, 0.15) is 82.9 Å². The van der Waals surface area contributed by atoms with E-state index in [0.717, 1.165) is 27.9 Å². The molecule has 6 aromatic rings. The first kappa shape index (κ1) is 74.8. The number of ether oxygens (including phenoxy) is 13. The topological polar surface area (TPSA) is 405 Å². The third kappa shape index (κ3) is 19.9. The smallest absolute Gasteiger partial charge is 0.456 e. The van der Waals surface area contributed by atoms with E-state index < -0.39 is 181 Å². The van der Waals surface area contributed by atoms with E-state index >= 15 is 0 Å². The Balaban J connectivity index is 1.10. The van der Waals surface area contributed by atoms with Crippen molar-refractivity contribution in [3.63, 3.8) is 0 Å². The molecule has 3 N–H and O–H groups in total. The lowest BCUT2D eigenvalue weighted by atomic mass is 9.98. The zero-order valence-electron chi connectivity index (χ0n) is 53.3. The van der Waals surface area contributed by atoms with Crippen molar-refractivity contribution in [3.05, 3.63) is 215 Å². The molecule has 3 saturated heterocycles. The molecule has 0 amide bonds. The van der Waals surface area contributed by atoms with Crippen LogP contribution in [-0.2, 0) is 103 Å². The van der Waals surface area contributed by atoms with Crippen LogP contribution in [0.15, 0.2) is 182 Å². The second kappa shape index (κ2) is 34.6. The van der Waals surface area contributed by atoms with Crippen molar-refractivity contribution >= 4 is 69.4 Å². The Hall–Kier alpha value is -9.43. The summed E-state index contributed by atoms with van der Waals surface area (Å²) in [6.07, 6.45) is -31.0. The van der Waals surface area contributed by atoms with Gasteiger partial charge in [0.15, 0.2) is 61.2 Å². The van der Waals surface area contributed by atoms with Crippen molar-refractivity contribution in [3.8, 4) is 0 Å². The van der Waals surface area contributed by atoms with Gasteiger partial charge in [-0.2, -0.15) is 0 Å². The van der Waals surface area contributed by atoms with E-state index in [2.05, 4.69) is 0 Å². The fraction of sp³-hybridized carbons (Fsp3) is 0.328. The molecule has 9 rings (SSSR count). The number of benzene rings is 6. The normalized spacial score (nSPS) is 26.1. The number of hydrogen-bond donors (Lipinski definition) is 3. The lowest BCUT2D eigenvalue weighted by Gasteiger charge is -2.45. The first-order valence-corrected chi connectivity index (χ1v) is 33.4. The molecule has 6 aromatic carbocycles. The molecule has 31 nitrogen and oxygen atoms in total. The molecule has 0 aliphatic carbocycles. The molecule has 100 heavy (non-hydrogen) atoms. The van der Waals surface area contributed by atoms with Gasteiger partial charge in [0, 0.05) is 27.9 Å². The summed E-state index contributed by atoms with van der Waals surface area (Å²) in [5, 5.41) is 11.0. The minimum atomic E-state index is -6.01. The van der Waals surface area contributed by atoms with E-state index in [0.29, 0.717) is 0 Å². The molecule has 17 atom stereocenters. The molecule has 530 valence electrons. The van der Waals surface area contributed by atoms with E-state index in [-0.39, 0.29) is 33.4 Å². The van der Waals surface area contributed by atoms with E-state index in [1.165, 1.54) is 158 Å². The SMILES string of the molecule is CO[C@@H]1O[C@@H](COP(=O)(O)O[C@H]2O[C@@H](COP(=O)(O)O[C@H]3O[C@@H](CO)[C@@H](OC(=O)c4ccccc4)[C@H](OC(=O)c4ccccc4)[C@@H]3OC(=O)c3ccccc3)[C@H](OC(=O)c3ccccc3)[C@@H](OC(=O)c3ccccc3)[C@@H]2OC(=O)c2ccccc2)[C@@H](OC(C)=O)[C@H](OC(C)=O)[C@H]1OC(C)=O. The first-order chi connectivity index (χ1) is 47.9. The van der Waals surface area contributed by atoms with Crippen LogP contribution >= 0.6 is 15.6 Å². The third-order valence-electron chi connectivity index (χ3n) is 14.9. The molecule has 3 aliphatic heterocycles. The van der Waals surface area contributed by atoms with Crippen LogP contribution in [0.25, 0.3) is 0 Å². The molecule has 0 bridgehead atoms. The highest BCUT2D eigenvalue weighted by atomic mass is 31.2. The highest BCUT2D eigenvalue weighted by Gasteiger charge is 2.59. The van der Waals surface area contributed by atoms with Crippen molar-refractivity contribution in [2.75, 3.05) is 26.9 Å². The number of carbonyl (C=O) groups is 9. The van der Waals surface area contributed by atoms with Crippen LogP contribution in [0.5, 0.6) is 0 Å². The summed E-state index contributed by atoms with van der Waals surface area (Å²) in [6.45, 7) is -0.832. The molecular weight excluding hydrogens is 1360 g/mol. The molecule has 3 heterocycles. The number of aliphatic hydroxyl groups is 1. The summed E-state index contributed by atoms with van der Waals surface area (Å²) in [5.41, 5.74) is -0.883. The van der Waals surface area contributed by atoms with Crippen molar-refractivity contribution in [2.45, 2.75) is 113 Å². The number of phosphoric acid groups is 2. The summed E-state index contributed by atoms with van der Waals surface area (Å²) in [6, 6.07) is 42.6. The highest BCUT2D eigenvalue weighted by Crippen LogP contribution is 2.51. The van der Waals surface area contributed by atoms with Gasteiger partial charge >= 0.3 is 69.4 Å². The van der Waals surface area contributed by atoms with Gasteiger partial charge in [-0.05, 0) is 72.8 Å². The van der Waals surface area contributed by atoms with Crippen LogP contribution in [0.4, 0.5) is 0 Å². The number of carbonyl (C=O) groups excluding carboxylic acids is 9. The molecule has 3 aliphatic rings. The van der Waals surface area contributed by atoms with E-state index in [1.54, 1.807) is 24.3 Å². The first-order valence-electron chi connectivity index (χ1n) is 30.4. The second-order valence-electron chi connectivity index (χ2n) is 21.9. The van der Waals surface area contributed by atoms with Gasteiger partial charge in [0.05, 0.1) is 53.2 Å². The van der Waals surface area contributed by atoms with Gasteiger partial charge in [0.25, 0.3) is 0 Å². The maximum atomic E-state index is 14.9. The van der Waals surface area contributed by atoms with Crippen LogP contribution in [0.3, 0.4) is 0 Å². The minimum absolute atomic E-state index is 0.0502. The van der Waals surface area contributed by atoms with E-state index in [4.69, 9.17) is 79.7 Å². The average molecular weight is 1430 g/mol. The number of esters is 9. The van der Waals surface area contributed by atoms with Crippen molar-refractivity contribution in [1.82, 2.24) is 0 Å². The number of rotatable bonds is 27. The predicted octanol–water partition coefficient (Wildman–Crippen LogP) is 6.22. The van der Waals surface area contributed by atoms with Gasteiger partial charge < -0.3 is 76.5 Å². The second-order valence-corrected chi connectivity index (χ2v) is 24.7. The maximum Gasteiger partial charge on any atom is 0.474 e. The molecule has 0 saturated carbocycles. The summed E-state index contributed by atoms with van der Waals surface area (Å²) in [7, 11) is -10.8. The van der Waals surface area contributed by atoms with Gasteiger partial charge in [-0.3, -0.25) is 32.5 Å². The molecular formula is C67H66O31P2. The maximum absolute atomic E-state index is 14.9. The third-order valence-corrected chi connectivity index (χ3v) is 16.8. The van der Waals surface area contributed by atoms with Crippen molar-refractivity contribution < 1.29 is 147 Å². The number of phosphoric ester groups is 2. The van der Waals surface area contributed by atoms with E-state index in [1.807, 2.05) is 0 Å². The lowest BCUT2D eigenvalue weighted by molar-refractivity contribution is -0.302. The largest absolute Gasteiger partial charge is 0.474 e. The Labute approximate surface area is 569 Å². The van der Waals surface area contributed by atoms with Gasteiger partial charge in [-0.15, -0.1) is 0 Å². The van der Waals surface area contributed by atoms with Gasteiger partial charge in [-0.25, -0.2) is 37.9 Å². The van der Waals surface area contributed by atoms with Crippen molar-refractivity contribution in [2.24, 2.45) is 0 Å². The van der Waals surface area contributed by atoms with E-state index in [9.17, 15) is 67.2 Å². The Kier molecular flexibility index (Phi) is 25.9. The quantitative estimate of drug-likeness (QED) is 0.0293. The lowest BCUT2D eigenvalue weighted by Crippen LogP contribution is -2.63. The number of methoxy groups -OCH3 is 1. The molecule has 33 heteroatoms.